The first kappa shape index (κ1) is 66.7. The highest BCUT2D eigenvalue weighted by atomic mass is 32.2. The number of aliphatic hydroxyl groups is 1. The molecule has 0 radical (unpaired) electrons. The van der Waals surface area contributed by atoms with Gasteiger partial charge in [-0.3, -0.25) is 38.4 Å². The zero-order valence-corrected chi connectivity index (χ0v) is 47.6. The molecule has 3 rings (SSSR count). The molecule has 78 heavy (non-hydrogen) atoms. The normalized spacial score (nSPS) is 15.1. The maximum absolute atomic E-state index is 15.7. The van der Waals surface area contributed by atoms with Gasteiger partial charge in [-0.15, -0.1) is 5.06 Å². The number of unbranched alkanes of at least 4 members (excludes halogenated alkanes) is 3. The number of hydrogen-bond donors (Lipinski definition) is 7. The summed E-state index contributed by atoms with van der Waals surface area (Å²) in [5, 5.41) is 21.1. The molecule has 2 heterocycles. The van der Waals surface area contributed by atoms with Gasteiger partial charge in [-0.2, -0.15) is 16.8 Å². The molecule has 1 saturated heterocycles. The van der Waals surface area contributed by atoms with E-state index in [9.17, 15) is 59.8 Å². The number of hydrogen-bond acceptors (Lipinski definition) is 15. The lowest BCUT2D eigenvalue weighted by Gasteiger charge is -2.30. The van der Waals surface area contributed by atoms with Crippen molar-refractivity contribution in [2.45, 2.75) is 129 Å². The first-order valence-corrected chi connectivity index (χ1v) is 29.4. The molecule has 0 bridgehead atoms. The number of carbonyl (C=O) groups is 6. The summed E-state index contributed by atoms with van der Waals surface area (Å²) in [6, 6.07) is 8.02. The summed E-state index contributed by atoms with van der Waals surface area (Å²) in [6.07, 6.45) is 9.16. The molecule has 7 N–H and O–H groups in total. The Hall–Kier alpha value is -5.61. The second kappa shape index (κ2) is 31.9. The largest absolute Gasteiger partial charge is 0.462 e. The predicted octanol–water partition coefficient (Wildman–Crippen LogP) is 3.70. The summed E-state index contributed by atoms with van der Waals surface area (Å²) in [5.74, 6) is -7.19. The molecule has 1 aromatic heterocycles. The number of rotatable bonds is 36. The lowest BCUT2D eigenvalue weighted by Crippen LogP contribution is -2.62. The fraction of sp³-hybridized carbons (Fsp3) is 0.577. The van der Waals surface area contributed by atoms with Gasteiger partial charge in [0.05, 0.1) is 12.3 Å². The number of nitrogens with zero attached hydrogens (tertiary/aromatic N) is 4. The zero-order valence-electron chi connectivity index (χ0n) is 46.0. The van der Waals surface area contributed by atoms with E-state index in [0.29, 0.717) is 49.3 Å². The molecular weight excluding hydrogens is 1050 g/mol. The van der Waals surface area contributed by atoms with Crippen LogP contribution < -0.4 is 21.3 Å². The van der Waals surface area contributed by atoms with Gasteiger partial charge in [0.2, 0.25) is 17.7 Å². The van der Waals surface area contributed by atoms with Gasteiger partial charge >= 0.3 is 13.1 Å². The summed E-state index contributed by atoms with van der Waals surface area (Å²) in [4.78, 5) is 83.9. The number of halogens is 1. The Bertz CT molecular complexity index is 2670. The van der Waals surface area contributed by atoms with Gasteiger partial charge in [0.15, 0.2) is 0 Å². The molecule has 0 saturated carbocycles. The molecule has 3 atom stereocenters. The van der Waals surface area contributed by atoms with E-state index >= 15 is 4.32 Å². The van der Waals surface area contributed by atoms with Crippen LogP contribution in [0.3, 0.4) is 0 Å². The molecule has 1 aromatic carbocycles. The molecule has 5 amide bonds. The van der Waals surface area contributed by atoms with Crippen LogP contribution in [-0.4, -0.2) is 176 Å². The summed E-state index contributed by atoms with van der Waals surface area (Å²) in [5.41, 5.74) is 3.40. The molecule has 3 unspecified atom stereocenters. The third kappa shape index (κ3) is 24.6. The smallest absolute Gasteiger partial charge is 0.374 e. The number of hydroxylamine groups is 2. The van der Waals surface area contributed by atoms with Crippen LogP contribution in [0.5, 0.6) is 0 Å². The van der Waals surface area contributed by atoms with Crippen molar-refractivity contribution in [3.63, 3.8) is 0 Å². The topological polar surface area (TPSA) is 303 Å². The maximum atomic E-state index is 15.7. The summed E-state index contributed by atoms with van der Waals surface area (Å²) in [7, 11) is -5.31. The van der Waals surface area contributed by atoms with Crippen LogP contribution in [0.15, 0.2) is 65.8 Å². The zero-order chi connectivity index (χ0) is 58.4. The third-order valence-electron chi connectivity index (χ3n) is 12.6. The number of likely N-dealkylation sites (N-methyl/N-ethyl adjacent to an activating group) is 1. The van der Waals surface area contributed by atoms with E-state index < -0.39 is 98.7 Å². The Morgan fingerprint density at radius 2 is 1.50 bits per heavy atom. The van der Waals surface area contributed by atoms with Crippen LogP contribution in [0.4, 0.5) is 4.32 Å². The number of aromatic nitrogens is 1. The molecule has 1 aliphatic heterocycles. The first-order valence-electron chi connectivity index (χ1n) is 26.1. The monoisotopic (exact) mass is 1130 g/mol. The van der Waals surface area contributed by atoms with Crippen molar-refractivity contribution in [3.8, 4) is 11.3 Å². The van der Waals surface area contributed by atoms with Gasteiger partial charge in [-0.25, -0.2) is 4.79 Å². The molecule has 434 valence electrons. The van der Waals surface area contributed by atoms with Gasteiger partial charge in [-0.05, 0) is 134 Å². The van der Waals surface area contributed by atoms with Crippen molar-refractivity contribution < 1.29 is 69.0 Å². The highest BCUT2D eigenvalue weighted by molar-refractivity contribution is 7.86. The minimum absolute atomic E-state index is 0.00953. The minimum atomic E-state index is -4.88. The number of imide groups is 1. The third-order valence-corrected chi connectivity index (χ3v) is 14.1. The summed E-state index contributed by atoms with van der Waals surface area (Å²) < 4.78 is 84.6. The van der Waals surface area contributed by atoms with Crippen molar-refractivity contribution in [1.29, 1.82) is 0 Å². The number of aryl methyl sites for hydroxylation is 1. The van der Waals surface area contributed by atoms with Gasteiger partial charge < -0.3 is 44.5 Å². The number of carbonyl (C=O) groups excluding carboxylic acids is 6. The van der Waals surface area contributed by atoms with Gasteiger partial charge in [0.1, 0.15) is 23.6 Å². The van der Waals surface area contributed by atoms with Crippen LogP contribution in [-0.2, 0) is 60.3 Å². The fourth-order valence-electron chi connectivity index (χ4n) is 8.50. The van der Waals surface area contributed by atoms with Crippen LogP contribution in [0.2, 0.25) is 6.82 Å². The predicted molar refractivity (Wildman–Crippen MR) is 296 cm³/mol. The van der Waals surface area contributed by atoms with Gasteiger partial charge in [0, 0.05) is 50.2 Å². The molecule has 26 heteroatoms. The first-order chi connectivity index (χ1) is 36.5. The van der Waals surface area contributed by atoms with E-state index in [1.165, 1.54) is 6.82 Å². The number of amides is 5. The quantitative estimate of drug-likeness (QED) is 0.0128. The number of allylic oxidation sites excluding steroid dienone is 4. The Morgan fingerprint density at radius 3 is 2.10 bits per heavy atom. The average Bonchev–Trinajstić information content (AvgIpc) is 3.88. The van der Waals surface area contributed by atoms with Crippen molar-refractivity contribution in [2.75, 3.05) is 65.4 Å². The SMILES string of the molecule is C=C(/C=C(CCCC)\C(C)=C\c1c(CCCN(C)C)cc(-c2ccccc2)n1B(C)F)CCC(=O)NC(CS(=O)(=O)O)C(=O)NCC(C)(O)NC(CS(=O)(=O)O)C(=O)NCCN(C)CCCCCC(=O)ON1C(=O)CCC1=O. The Labute approximate surface area is 459 Å². The Kier molecular flexibility index (Phi) is 27.2. The highest BCUT2D eigenvalue weighted by Gasteiger charge is 2.35. The van der Waals surface area contributed by atoms with Crippen molar-refractivity contribution in [2.24, 2.45) is 0 Å². The maximum Gasteiger partial charge on any atom is 0.462 e. The molecule has 1 aliphatic rings. The lowest BCUT2D eigenvalue weighted by atomic mass is 9.89. The molecule has 1 fully saturated rings. The average molecular weight is 1140 g/mol. The fourth-order valence-corrected chi connectivity index (χ4v) is 9.81. The van der Waals surface area contributed by atoms with E-state index in [1.807, 2.05) is 81.4 Å². The number of benzene rings is 1. The molecule has 0 spiro atoms. The van der Waals surface area contributed by atoms with Crippen molar-refractivity contribution in [1.82, 2.24) is 40.6 Å². The van der Waals surface area contributed by atoms with E-state index in [0.717, 1.165) is 66.4 Å². The summed E-state index contributed by atoms with van der Waals surface area (Å²) in [6.45, 7) is 11.6. The minimum Gasteiger partial charge on any atom is -0.374 e. The van der Waals surface area contributed by atoms with Gasteiger partial charge in [0.25, 0.3) is 32.1 Å². The molecule has 22 nitrogen and oxygen atoms in total. The molecular formula is C52H80BFN8O14S2. The van der Waals surface area contributed by atoms with E-state index in [4.69, 9.17) is 4.84 Å². The Balaban J connectivity index is 1.63. The van der Waals surface area contributed by atoms with Gasteiger partial charge in [-0.1, -0.05) is 68.3 Å². The molecule has 2 aromatic rings. The molecule has 0 aliphatic carbocycles. The number of nitrogens with one attached hydrogen (secondary N) is 4. The highest BCUT2D eigenvalue weighted by Crippen LogP contribution is 2.32. The van der Waals surface area contributed by atoms with Crippen molar-refractivity contribution >= 4 is 68.9 Å². The van der Waals surface area contributed by atoms with Crippen LogP contribution >= 0.6 is 0 Å². The van der Waals surface area contributed by atoms with Crippen LogP contribution in [0.1, 0.15) is 109 Å². The van der Waals surface area contributed by atoms with E-state index in [-0.39, 0.29) is 45.2 Å². The van der Waals surface area contributed by atoms with E-state index in [1.54, 1.807) is 11.5 Å². The summed E-state index contributed by atoms with van der Waals surface area (Å²) >= 11 is 0. The van der Waals surface area contributed by atoms with Crippen LogP contribution in [0, 0.1) is 0 Å². The standard InChI is InChI=1S/C52H80BFN8O14S2/c1-9-10-18-40(38(3)32-44-41(21-17-28-59(6)7)33-45(61(44)53(5)54)39-19-13-11-14-20-39)31-37(2)23-24-46(63)57-42(34-77(70,71)72)50(67)56-36-52(4,69)58-43(35-78(73,74)75)51(68)55-27-30-60(8)29-16-12-15-22-49(66)76-62-47(64)25-26-48(62)65/h11,13-14,19-20,31-33,42-43,58,69H,2,9-10,12,15-18,21-30,34-36H2,1,3-8H3,(H,55,68)(H,56,67)(H,57,63)(H,70,71,72)(H,73,74,75)/b38-32+,40-31-. The second-order valence-corrected chi connectivity index (χ2v) is 23.2. The van der Waals surface area contributed by atoms with Crippen molar-refractivity contribution in [3.05, 3.63) is 77.0 Å². The van der Waals surface area contributed by atoms with Crippen LogP contribution in [0.25, 0.3) is 17.3 Å². The Morgan fingerprint density at radius 1 is 0.872 bits per heavy atom. The van der Waals surface area contributed by atoms with E-state index in [2.05, 4.69) is 32.7 Å². The lowest BCUT2D eigenvalue weighted by molar-refractivity contribution is -0.197. The second-order valence-electron chi connectivity index (χ2n) is 20.2.